The van der Waals surface area contributed by atoms with E-state index in [1.807, 2.05) is 0 Å². The molecule has 4 heteroatoms. The fourth-order valence-electron chi connectivity index (χ4n) is 0. The summed E-state index contributed by atoms with van der Waals surface area (Å²) in [5.74, 6) is 0. The van der Waals surface area contributed by atoms with Crippen molar-refractivity contribution in [3.63, 3.8) is 0 Å². The molecule has 0 radical (unpaired) electrons. The van der Waals surface area contributed by atoms with Crippen molar-refractivity contribution in [3.8, 4) is 0 Å². The van der Waals surface area contributed by atoms with Gasteiger partial charge in [0.2, 0.25) is 0 Å². The predicted octanol–water partition coefficient (Wildman–Crippen LogP) is 1.09. The van der Waals surface area contributed by atoms with Gasteiger partial charge >= 0.3 is 0 Å². The van der Waals surface area contributed by atoms with Crippen LogP contribution in [-0.4, -0.2) is 5.24 Å². The fourth-order valence-corrected chi connectivity index (χ4v) is 0. The number of carbonyl (C=O) groups is 1. The van der Waals surface area contributed by atoms with Crippen LogP contribution < -0.4 is 0 Å². The summed E-state index contributed by atoms with van der Waals surface area (Å²) in [4.78, 5) is 8.98. The number of amides is 1. The first-order chi connectivity index (χ1) is 1.73. The van der Waals surface area contributed by atoms with Gasteiger partial charge in [0.05, 0.1) is 0 Å². The minimum atomic E-state index is -0.889. The molecule has 0 rings (SSSR count). The van der Waals surface area contributed by atoms with Crippen LogP contribution >= 0.6 is 12.6 Å². The molecule has 0 aliphatic carbocycles. The summed E-state index contributed by atoms with van der Waals surface area (Å²) < 4.78 is 0. The van der Waals surface area contributed by atoms with Crippen molar-refractivity contribution in [2.24, 2.45) is 0 Å². The third-order valence-electron chi connectivity index (χ3n) is 0. The zero-order chi connectivity index (χ0) is 3.58. The SMILES string of the molecule is [NH-]C(=O)S.[Ni]. The van der Waals surface area contributed by atoms with Crippen molar-refractivity contribution in [2.45, 2.75) is 0 Å². The molecule has 0 aliphatic rings. The number of carbonyl (C=O) groups excluding carboxylic acids is 1. The zero-order valence-corrected chi connectivity index (χ0v) is 4.05. The van der Waals surface area contributed by atoms with Gasteiger partial charge in [0, 0.05) is 16.5 Å². The molecular formula is CH2NNiOS-. The smallest absolute Gasteiger partial charge is 0.104 e. The summed E-state index contributed by atoms with van der Waals surface area (Å²) in [5, 5.41) is -0.889. The van der Waals surface area contributed by atoms with E-state index >= 15 is 0 Å². The first kappa shape index (κ1) is 9.00. The Bertz CT molecular complexity index is 34.6. The number of nitrogens with one attached hydrogen (secondary N) is 1. The average molecular weight is 135 g/mol. The quantitative estimate of drug-likeness (QED) is 0.391. The maximum absolute atomic E-state index is 8.98. The number of rotatable bonds is 0. The fraction of sp³-hybridized carbons (Fsp3) is 0. The molecule has 0 aromatic heterocycles. The molecule has 2 nitrogen and oxygen atoms in total. The first-order valence-electron chi connectivity index (χ1n) is 0.678. The Morgan fingerprint density at radius 1 is 1.80 bits per heavy atom. The molecule has 34 valence electrons. The van der Waals surface area contributed by atoms with Gasteiger partial charge in [-0.05, 0) is 0 Å². The van der Waals surface area contributed by atoms with Crippen LogP contribution in [0, 0.1) is 0 Å². The average Bonchev–Trinajstić information content (AvgIpc) is 0.811. The molecule has 0 atom stereocenters. The second-order valence-corrected chi connectivity index (χ2v) is 0.711. The predicted molar refractivity (Wildman–Crippen MR) is 18.7 cm³/mol. The van der Waals surface area contributed by atoms with Crippen LogP contribution in [0.2, 0.25) is 0 Å². The molecule has 5 heavy (non-hydrogen) atoms. The third-order valence-corrected chi connectivity index (χ3v) is 0. The molecule has 0 bridgehead atoms. The van der Waals surface area contributed by atoms with Crippen LogP contribution in [0.5, 0.6) is 0 Å². The van der Waals surface area contributed by atoms with Gasteiger partial charge in [0.15, 0.2) is 0 Å². The van der Waals surface area contributed by atoms with E-state index in [4.69, 9.17) is 10.5 Å². The molecular weight excluding hydrogens is 133 g/mol. The van der Waals surface area contributed by atoms with Crippen LogP contribution in [-0.2, 0) is 16.5 Å². The summed E-state index contributed by atoms with van der Waals surface area (Å²) >= 11 is 2.99. The Labute approximate surface area is 45.4 Å². The van der Waals surface area contributed by atoms with E-state index in [-0.39, 0.29) is 16.5 Å². The second kappa shape index (κ2) is 4.31. The van der Waals surface area contributed by atoms with Crippen LogP contribution in [0.15, 0.2) is 0 Å². The van der Waals surface area contributed by atoms with Gasteiger partial charge in [-0.1, -0.05) is 0 Å². The summed E-state index contributed by atoms with van der Waals surface area (Å²) in [6, 6.07) is 0. The van der Waals surface area contributed by atoms with Crippen molar-refractivity contribution in [2.75, 3.05) is 0 Å². The molecule has 1 amide bonds. The molecule has 0 spiro atoms. The normalized spacial score (nSPS) is 5.00. The third kappa shape index (κ3) is 235. The van der Waals surface area contributed by atoms with Crippen LogP contribution in [0.4, 0.5) is 4.79 Å². The Morgan fingerprint density at radius 3 is 1.80 bits per heavy atom. The summed E-state index contributed by atoms with van der Waals surface area (Å²) in [5.41, 5.74) is 5.81. The van der Waals surface area contributed by atoms with E-state index in [1.165, 1.54) is 0 Å². The topological polar surface area (TPSA) is 40.9 Å². The van der Waals surface area contributed by atoms with Gasteiger partial charge in [-0.15, -0.1) is 12.6 Å². The van der Waals surface area contributed by atoms with Crippen LogP contribution in [0.3, 0.4) is 0 Å². The van der Waals surface area contributed by atoms with Gasteiger partial charge < -0.3 is 10.5 Å². The maximum atomic E-state index is 8.98. The van der Waals surface area contributed by atoms with E-state index in [0.29, 0.717) is 0 Å². The van der Waals surface area contributed by atoms with E-state index in [2.05, 4.69) is 12.6 Å². The zero-order valence-electron chi connectivity index (χ0n) is 2.17. The van der Waals surface area contributed by atoms with Crippen LogP contribution in [0.25, 0.3) is 5.73 Å². The Morgan fingerprint density at radius 2 is 1.80 bits per heavy atom. The summed E-state index contributed by atoms with van der Waals surface area (Å²) in [6.45, 7) is 0. The van der Waals surface area contributed by atoms with Gasteiger partial charge in [0.1, 0.15) is 5.24 Å². The second-order valence-electron chi connectivity index (χ2n) is 0.305. The van der Waals surface area contributed by atoms with Crippen molar-refractivity contribution in [3.05, 3.63) is 5.73 Å². The molecule has 0 aliphatic heterocycles. The van der Waals surface area contributed by atoms with Crippen molar-refractivity contribution in [1.29, 1.82) is 0 Å². The Hall–Kier alpha value is 0.314. The van der Waals surface area contributed by atoms with Gasteiger partial charge in [-0.3, -0.25) is 0 Å². The van der Waals surface area contributed by atoms with Gasteiger partial charge in [-0.25, -0.2) is 0 Å². The minimum Gasteiger partial charge on any atom is -0.658 e. The Balaban J connectivity index is 0. The number of hydrogen-bond acceptors (Lipinski definition) is 1. The van der Waals surface area contributed by atoms with E-state index in [0.717, 1.165) is 0 Å². The number of thiol groups is 1. The minimum absolute atomic E-state index is 0. The standard InChI is InChI=1S/CH3NOS.Ni/c2-1(3)4;/h(H3,2,3,4);/p-1. The molecule has 0 fully saturated rings. The van der Waals surface area contributed by atoms with E-state index in [1.54, 1.807) is 0 Å². The maximum Gasteiger partial charge on any atom is 0.104 e. The van der Waals surface area contributed by atoms with E-state index in [9.17, 15) is 0 Å². The molecule has 0 saturated carbocycles. The molecule has 0 aromatic rings. The van der Waals surface area contributed by atoms with Crippen molar-refractivity contribution in [1.82, 2.24) is 0 Å². The molecule has 0 heterocycles. The Kier molecular flexibility index (Phi) is 7.77. The number of hydrogen-bond donors (Lipinski definition) is 1. The monoisotopic (exact) mass is 134 g/mol. The first-order valence-corrected chi connectivity index (χ1v) is 1.12. The van der Waals surface area contributed by atoms with Gasteiger partial charge in [0.25, 0.3) is 0 Å². The largest absolute Gasteiger partial charge is 0.658 e. The van der Waals surface area contributed by atoms with Gasteiger partial charge in [-0.2, -0.15) is 0 Å². The molecule has 0 unspecified atom stereocenters. The van der Waals surface area contributed by atoms with Crippen molar-refractivity contribution < 1.29 is 21.3 Å². The summed E-state index contributed by atoms with van der Waals surface area (Å²) in [6.07, 6.45) is 0. The van der Waals surface area contributed by atoms with Crippen LogP contribution in [0.1, 0.15) is 0 Å². The molecule has 0 aromatic carbocycles. The molecule has 0 saturated heterocycles. The molecule has 1 N–H and O–H groups in total. The van der Waals surface area contributed by atoms with E-state index < -0.39 is 5.24 Å². The van der Waals surface area contributed by atoms with Crippen molar-refractivity contribution >= 4 is 17.9 Å². The summed E-state index contributed by atoms with van der Waals surface area (Å²) in [7, 11) is 0.